The molecule has 2 aliphatic rings. The van der Waals surface area contributed by atoms with Gasteiger partial charge in [0.1, 0.15) is 11.5 Å². The quantitative estimate of drug-likeness (QED) is 0.613. The molecule has 0 aromatic carbocycles. The molecule has 3 atom stereocenters. The van der Waals surface area contributed by atoms with Crippen molar-refractivity contribution in [1.29, 1.82) is 0 Å². The average Bonchev–Trinajstić information content (AvgIpc) is 3.44. The van der Waals surface area contributed by atoms with Gasteiger partial charge in [-0.15, -0.1) is 0 Å². The van der Waals surface area contributed by atoms with E-state index in [1.807, 2.05) is 12.3 Å². The summed E-state index contributed by atoms with van der Waals surface area (Å²) in [4.78, 5) is 23.3. The molecule has 3 aromatic heterocycles. The SMILES string of the molecule is CC1CC(C2=CCN=C2)C(C)N(c2ccnc(-c3cnc4cnc(C(F)(F)F)cn34)n2)C1. The number of aromatic nitrogens is 5. The van der Waals surface area contributed by atoms with Gasteiger partial charge in [-0.2, -0.15) is 13.2 Å². The van der Waals surface area contributed by atoms with Crippen LogP contribution in [0.3, 0.4) is 0 Å². The number of halogens is 3. The first kappa shape index (κ1) is 20.6. The second kappa shape index (κ2) is 7.68. The van der Waals surface area contributed by atoms with E-state index in [1.165, 1.54) is 16.2 Å². The third-order valence-electron chi connectivity index (χ3n) is 6.19. The van der Waals surface area contributed by atoms with Gasteiger partial charge in [0.15, 0.2) is 17.2 Å². The van der Waals surface area contributed by atoms with Crippen LogP contribution < -0.4 is 4.90 Å². The van der Waals surface area contributed by atoms with Gasteiger partial charge in [0, 0.05) is 37.1 Å². The summed E-state index contributed by atoms with van der Waals surface area (Å²) in [6.45, 7) is 5.97. The molecule has 166 valence electrons. The lowest BCUT2D eigenvalue weighted by molar-refractivity contribution is -0.141. The van der Waals surface area contributed by atoms with Crippen LogP contribution in [0, 0.1) is 11.8 Å². The first-order chi connectivity index (χ1) is 15.3. The van der Waals surface area contributed by atoms with Crippen LogP contribution in [0.5, 0.6) is 0 Å². The van der Waals surface area contributed by atoms with Crippen LogP contribution in [-0.2, 0) is 6.18 Å². The Morgan fingerprint density at radius 1 is 1.09 bits per heavy atom. The molecule has 0 spiro atoms. The van der Waals surface area contributed by atoms with Gasteiger partial charge >= 0.3 is 6.18 Å². The summed E-state index contributed by atoms with van der Waals surface area (Å²) in [7, 11) is 0. The number of nitrogens with zero attached hydrogens (tertiary/aromatic N) is 7. The number of imidazole rings is 1. The van der Waals surface area contributed by atoms with E-state index in [4.69, 9.17) is 4.98 Å². The van der Waals surface area contributed by atoms with Crippen LogP contribution in [0.4, 0.5) is 19.0 Å². The van der Waals surface area contributed by atoms with Crippen molar-refractivity contribution in [2.45, 2.75) is 32.5 Å². The molecule has 1 saturated heterocycles. The molecule has 0 aliphatic carbocycles. The Kier molecular flexibility index (Phi) is 4.94. The fourth-order valence-electron chi connectivity index (χ4n) is 4.59. The molecule has 32 heavy (non-hydrogen) atoms. The molecule has 0 saturated carbocycles. The normalized spacial score (nSPS) is 23.7. The predicted octanol–water partition coefficient (Wildman–Crippen LogP) is 4.07. The summed E-state index contributed by atoms with van der Waals surface area (Å²) >= 11 is 0. The van der Waals surface area contributed by atoms with Gasteiger partial charge in [0.2, 0.25) is 0 Å². The fraction of sp³-hybridized carbons (Fsp3) is 0.409. The lowest BCUT2D eigenvalue weighted by Crippen LogP contribution is -2.47. The van der Waals surface area contributed by atoms with Crippen molar-refractivity contribution in [1.82, 2.24) is 24.3 Å². The second-order valence-electron chi connectivity index (χ2n) is 8.42. The van der Waals surface area contributed by atoms with Crippen molar-refractivity contribution in [2.24, 2.45) is 16.8 Å². The van der Waals surface area contributed by atoms with Crippen LogP contribution in [0.25, 0.3) is 17.2 Å². The minimum atomic E-state index is -4.55. The molecule has 3 unspecified atom stereocenters. The molecule has 0 radical (unpaired) electrons. The summed E-state index contributed by atoms with van der Waals surface area (Å²) in [5.74, 6) is 1.87. The van der Waals surface area contributed by atoms with Crippen molar-refractivity contribution in [3.8, 4) is 11.5 Å². The maximum Gasteiger partial charge on any atom is 0.434 e. The number of alkyl halides is 3. The fourth-order valence-corrected chi connectivity index (χ4v) is 4.59. The number of aliphatic imine (C=N–C) groups is 1. The Morgan fingerprint density at radius 2 is 1.94 bits per heavy atom. The lowest BCUT2D eigenvalue weighted by atomic mass is 9.80. The van der Waals surface area contributed by atoms with Crippen LogP contribution in [0.15, 0.2) is 47.5 Å². The Bertz CT molecular complexity index is 1210. The third kappa shape index (κ3) is 3.63. The van der Waals surface area contributed by atoms with E-state index in [0.717, 1.165) is 37.7 Å². The summed E-state index contributed by atoms with van der Waals surface area (Å²) < 4.78 is 40.8. The second-order valence-corrected chi connectivity index (χ2v) is 8.42. The van der Waals surface area contributed by atoms with Gasteiger partial charge in [-0.3, -0.25) is 9.39 Å². The average molecular weight is 441 g/mol. The number of hydrogen-bond acceptors (Lipinski definition) is 6. The largest absolute Gasteiger partial charge is 0.434 e. The number of rotatable bonds is 3. The van der Waals surface area contributed by atoms with Crippen LogP contribution >= 0.6 is 0 Å². The smallest absolute Gasteiger partial charge is 0.353 e. The first-order valence-corrected chi connectivity index (χ1v) is 10.5. The highest BCUT2D eigenvalue weighted by Crippen LogP contribution is 2.35. The molecule has 0 bridgehead atoms. The molecular formula is C22H22F3N7. The molecule has 2 aliphatic heterocycles. The van der Waals surface area contributed by atoms with E-state index in [2.05, 4.69) is 44.8 Å². The standard InChI is InChI=1S/C22H22F3N7/c1-13-7-16(15-3-5-26-8-15)14(2)31(11-13)19-4-6-27-21(30-19)17-9-29-20-10-28-18(12-32(17)20)22(23,24)25/h3-4,6,8-10,12-14,16H,5,7,11H2,1-2H3. The number of piperidine rings is 1. The summed E-state index contributed by atoms with van der Waals surface area (Å²) in [5, 5.41) is 0. The highest BCUT2D eigenvalue weighted by molar-refractivity contribution is 5.82. The van der Waals surface area contributed by atoms with Crippen molar-refractivity contribution < 1.29 is 13.2 Å². The lowest BCUT2D eigenvalue weighted by Gasteiger charge is -2.43. The minimum Gasteiger partial charge on any atom is -0.353 e. The zero-order valence-electron chi connectivity index (χ0n) is 17.7. The highest BCUT2D eigenvalue weighted by Gasteiger charge is 2.35. The molecule has 7 nitrogen and oxygen atoms in total. The van der Waals surface area contributed by atoms with E-state index in [-0.39, 0.29) is 6.04 Å². The molecule has 5 heterocycles. The van der Waals surface area contributed by atoms with E-state index in [0.29, 0.717) is 29.0 Å². The Hall–Kier alpha value is -3.30. The zero-order chi connectivity index (χ0) is 22.5. The summed E-state index contributed by atoms with van der Waals surface area (Å²) in [6.07, 6.45) is 5.81. The first-order valence-electron chi connectivity index (χ1n) is 10.5. The summed E-state index contributed by atoms with van der Waals surface area (Å²) in [5.41, 5.74) is 0.953. The van der Waals surface area contributed by atoms with E-state index >= 15 is 0 Å². The van der Waals surface area contributed by atoms with Gasteiger partial charge in [-0.05, 0) is 30.9 Å². The monoisotopic (exact) mass is 441 g/mol. The minimum absolute atomic E-state index is 0.202. The molecule has 5 rings (SSSR count). The highest BCUT2D eigenvalue weighted by atomic mass is 19.4. The molecule has 0 N–H and O–H groups in total. The van der Waals surface area contributed by atoms with Crippen LogP contribution in [0.2, 0.25) is 0 Å². The van der Waals surface area contributed by atoms with Gasteiger partial charge in [-0.1, -0.05) is 13.0 Å². The van der Waals surface area contributed by atoms with Crippen LogP contribution in [0.1, 0.15) is 26.0 Å². The van der Waals surface area contributed by atoms with Crippen LogP contribution in [-0.4, -0.2) is 49.7 Å². The van der Waals surface area contributed by atoms with E-state index in [9.17, 15) is 13.2 Å². The van der Waals surface area contributed by atoms with Crippen molar-refractivity contribution in [3.63, 3.8) is 0 Å². The topological polar surface area (TPSA) is 71.6 Å². The summed E-state index contributed by atoms with van der Waals surface area (Å²) in [6, 6.07) is 2.05. The Morgan fingerprint density at radius 3 is 2.69 bits per heavy atom. The molecule has 0 amide bonds. The van der Waals surface area contributed by atoms with Gasteiger partial charge in [0.25, 0.3) is 0 Å². The van der Waals surface area contributed by atoms with Gasteiger partial charge in [0.05, 0.1) is 18.9 Å². The number of fused-ring (bicyclic) bond motifs is 1. The third-order valence-corrected chi connectivity index (χ3v) is 6.19. The van der Waals surface area contributed by atoms with Crippen molar-refractivity contribution >= 4 is 17.7 Å². The number of anilines is 1. The Labute approximate surface area is 182 Å². The molecule has 1 fully saturated rings. The Balaban J connectivity index is 1.52. The molecular weight excluding hydrogens is 419 g/mol. The van der Waals surface area contributed by atoms with E-state index in [1.54, 1.807) is 6.20 Å². The predicted molar refractivity (Wildman–Crippen MR) is 115 cm³/mol. The number of hydrogen-bond donors (Lipinski definition) is 0. The molecule has 3 aromatic rings. The van der Waals surface area contributed by atoms with E-state index < -0.39 is 11.9 Å². The zero-order valence-corrected chi connectivity index (χ0v) is 17.7. The maximum atomic E-state index is 13.2. The van der Waals surface area contributed by atoms with Gasteiger partial charge < -0.3 is 4.90 Å². The van der Waals surface area contributed by atoms with Crippen molar-refractivity contribution in [3.05, 3.63) is 48.2 Å². The van der Waals surface area contributed by atoms with Gasteiger partial charge in [-0.25, -0.2) is 19.9 Å². The molecule has 10 heteroatoms. The maximum absolute atomic E-state index is 13.2. The van der Waals surface area contributed by atoms with Crippen molar-refractivity contribution in [2.75, 3.05) is 18.0 Å².